The number of nitrogens with zero attached hydrogens (tertiary/aromatic N) is 1. The Morgan fingerprint density at radius 3 is 2.33 bits per heavy atom. The van der Waals surface area contributed by atoms with E-state index in [2.05, 4.69) is 12.2 Å². The van der Waals surface area contributed by atoms with Gasteiger partial charge in [0.15, 0.2) is 0 Å². The number of benzene rings is 2. The highest BCUT2D eigenvalue weighted by atomic mass is 35.5. The summed E-state index contributed by atoms with van der Waals surface area (Å²) < 4.78 is 0. The monoisotopic (exact) mass is 448 g/mol. The average Bonchev–Trinajstić information content (AvgIpc) is 2.73. The predicted octanol–water partition coefficient (Wildman–Crippen LogP) is 5.57. The lowest BCUT2D eigenvalue weighted by Crippen LogP contribution is -2.47. The first-order valence-corrected chi connectivity index (χ1v) is 11.1. The van der Waals surface area contributed by atoms with Crippen LogP contribution in [0.4, 0.5) is 0 Å². The maximum Gasteiger partial charge on any atom is 0.242 e. The van der Waals surface area contributed by atoms with Crippen molar-refractivity contribution in [3.8, 4) is 0 Å². The fourth-order valence-electron chi connectivity index (χ4n) is 3.10. The standard InChI is InChI=1S/C24H30Cl2N2O2/c1-4-5-14-27-24(30)18(3)28(16-20-10-12-21(25)22(26)15-20)23(29)13-11-19-8-6-17(2)7-9-19/h6-10,12,15,18H,4-5,11,13-14,16H2,1-3H3,(H,27,30)/t18-/m1/s1. The molecular weight excluding hydrogens is 419 g/mol. The second kappa shape index (κ2) is 12.0. The minimum atomic E-state index is -0.582. The summed E-state index contributed by atoms with van der Waals surface area (Å²) in [7, 11) is 0. The van der Waals surface area contributed by atoms with Gasteiger partial charge >= 0.3 is 0 Å². The van der Waals surface area contributed by atoms with Gasteiger partial charge in [0.1, 0.15) is 6.04 Å². The molecule has 1 N–H and O–H groups in total. The largest absolute Gasteiger partial charge is 0.354 e. The molecule has 0 aliphatic carbocycles. The Balaban J connectivity index is 2.13. The molecule has 162 valence electrons. The van der Waals surface area contributed by atoms with Crippen LogP contribution >= 0.6 is 23.2 Å². The minimum Gasteiger partial charge on any atom is -0.354 e. The van der Waals surface area contributed by atoms with E-state index in [0.29, 0.717) is 36.0 Å². The first-order chi connectivity index (χ1) is 14.3. The van der Waals surface area contributed by atoms with Crippen molar-refractivity contribution < 1.29 is 9.59 Å². The average molecular weight is 449 g/mol. The zero-order valence-electron chi connectivity index (χ0n) is 17.9. The zero-order chi connectivity index (χ0) is 22.1. The summed E-state index contributed by atoms with van der Waals surface area (Å²) in [5, 5.41) is 3.82. The molecule has 1 atom stereocenters. The van der Waals surface area contributed by atoms with E-state index in [1.165, 1.54) is 5.56 Å². The number of carbonyl (C=O) groups excluding carboxylic acids is 2. The van der Waals surface area contributed by atoms with Gasteiger partial charge in [0.25, 0.3) is 0 Å². The predicted molar refractivity (Wildman–Crippen MR) is 124 cm³/mol. The van der Waals surface area contributed by atoms with E-state index in [4.69, 9.17) is 23.2 Å². The maximum atomic E-state index is 13.1. The zero-order valence-corrected chi connectivity index (χ0v) is 19.4. The summed E-state index contributed by atoms with van der Waals surface area (Å²) in [6, 6.07) is 12.8. The molecular formula is C24H30Cl2N2O2. The summed E-state index contributed by atoms with van der Waals surface area (Å²) in [6.07, 6.45) is 2.86. The molecule has 30 heavy (non-hydrogen) atoms. The smallest absolute Gasteiger partial charge is 0.242 e. The van der Waals surface area contributed by atoms with Gasteiger partial charge in [-0.3, -0.25) is 9.59 Å². The van der Waals surface area contributed by atoms with Crippen LogP contribution in [-0.2, 0) is 22.6 Å². The van der Waals surface area contributed by atoms with E-state index in [0.717, 1.165) is 24.0 Å². The summed E-state index contributed by atoms with van der Waals surface area (Å²) >= 11 is 12.2. The van der Waals surface area contributed by atoms with Gasteiger partial charge in [0, 0.05) is 19.5 Å². The highest BCUT2D eigenvalue weighted by molar-refractivity contribution is 6.42. The van der Waals surface area contributed by atoms with Gasteiger partial charge in [-0.05, 0) is 49.9 Å². The van der Waals surface area contributed by atoms with E-state index in [1.807, 2.05) is 37.3 Å². The molecule has 0 aromatic heterocycles. The Morgan fingerprint density at radius 1 is 1.03 bits per heavy atom. The van der Waals surface area contributed by atoms with Gasteiger partial charge in [0.05, 0.1) is 10.0 Å². The lowest BCUT2D eigenvalue weighted by Gasteiger charge is -2.29. The third kappa shape index (κ3) is 7.33. The van der Waals surface area contributed by atoms with Crippen LogP contribution in [-0.4, -0.2) is 29.3 Å². The van der Waals surface area contributed by atoms with Crippen molar-refractivity contribution >= 4 is 35.0 Å². The Morgan fingerprint density at radius 2 is 1.70 bits per heavy atom. The van der Waals surface area contributed by atoms with Crippen molar-refractivity contribution in [1.82, 2.24) is 10.2 Å². The molecule has 0 fully saturated rings. The third-order valence-corrected chi connectivity index (χ3v) is 5.82. The molecule has 0 aliphatic rings. The van der Waals surface area contributed by atoms with Crippen LogP contribution in [0.3, 0.4) is 0 Å². The molecule has 0 heterocycles. The number of rotatable bonds is 10. The highest BCUT2D eigenvalue weighted by Crippen LogP contribution is 2.24. The van der Waals surface area contributed by atoms with E-state index in [9.17, 15) is 9.59 Å². The molecule has 0 saturated heterocycles. The van der Waals surface area contributed by atoms with Gasteiger partial charge in [-0.2, -0.15) is 0 Å². The summed E-state index contributed by atoms with van der Waals surface area (Å²) in [4.78, 5) is 27.4. The number of aryl methyl sites for hydroxylation is 2. The SMILES string of the molecule is CCCCNC(=O)[C@@H](C)N(Cc1ccc(Cl)c(Cl)c1)C(=O)CCc1ccc(C)cc1. The third-order valence-electron chi connectivity index (χ3n) is 5.08. The molecule has 0 aliphatic heterocycles. The minimum absolute atomic E-state index is 0.0696. The van der Waals surface area contributed by atoms with Crippen LogP contribution in [0, 0.1) is 6.92 Å². The summed E-state index contributed by atoms with van der Waals surface area (Å²) in [5.41, 5.74) is 3.12. The second-order valence-corrected chi connectivity index (χ2v) is 8.39. The fraction of sp³-hybridized carbons (Fsp3) is 0.417. The van der Waals surface area contributed by atoms with Gasteiger partial charge < -0.3 is 10.2 Å². The first-order valence-electron chi connectivity index (χ1n) is 10.4. The van der Waals surface area contributed by atoms with E-state index in [-0.39, 0.29) is 11.8 Å². The van der Waals surface area contributed by atoms with E-state index >= 15 is 0 Å². The number of hydrogen-bond donors (Lipinski definition) is 1. The fourth-order valence-corrected chi connectivity index (χ4v) is 3.42. The number of amides is 2. The van der Waals surface area contributed by atoms with Crippen LogP contribution in [0.5, 0.6) is 0 Å². The van der Waals surface area contributed by atoms with Gasteiger partial charge in [-0.1, -0.05) is 72.4 Å². The molecule has 2 amide bonds. The van der Waals surface area contributed by atoms with Gasteiger partial charge in [-0.15, -0.1) is 0 Å². The van der Waals surface area contributed by atoms with Crippen molar-refractivity contribution in [3.05, 3.63) is 69.2 Å². The maximum absolute atomic E-state index is 13.1. The molecule has 0 unspecified atom stereocenters. The number of hydrogen-bond acceptors (Lipinski definition) is 2. The second-order valence-electron chi connectivity index (χ2n) is 7.58. The molecule has 4 nitrogen and oxygen atoms in total. The first kappa shape index (κ1) is 24.2. The van der Waals surface area contributed by atoms with Crippen molar-refractivity contribution in [2.24, 2.45) is 0 Å². The molecule has 2 aromatic carbocycles. The molecule has 6 heteroatoms. The molecule has 2 aromatic rings. The Labute approximate surface area is 189 Å². The molecule has 0 radical (unpaired) electrons. The van der Waals surface area contributed by atoms with Gasteiger partial charge in [-0.25, -0.2) is 0 Å². The number of unbranched alkanes of at least 4 members (excludes halogenated alkanes) is 1. The van der Waals surface area contributed by atoms with Crippen LogP contribution in [0.2, 0.25) is 10.0 Å². The van der Waals surface area contributed by atoms with E-state index in [1.54, 1.807) is 24.0 Å². The number of nitrogens with one attached hydrogen (secondary N) is 1. The lowest BCUT2D eigenvalue weighted by atomic mass is 10.1. The Hall–Kier alpha value is -2.04. The van der Waals surface area contributed by atoms with E-state index < -0.39 is 6.04 Å². The van der Waals surface area contributed by atoms with Crippen LogP contribution in [0.1, 0.15) is 49.8 Å². The van der Waals surface area contributed by atoms with Crippen molar-refractivity contribution in [2.75, 3.05) is 6.54 Å². The molecule has 0 saturated carbocycles. The van der Waals surface area contributed by atoms with Crippen LogP contribution in [0.15, 0.2) is 42.5 Å². The van der Waals surface area contributed by atoms with Crippen molar-refractivity contribution in [1.29, 1.82) is 0 Å². The van der Waals surface area contributed by atoms with Crippen molar-refractivity contribution in [3.63, 3.8) is 0 Å². The molecule has 0 spiro atoms. The summed E-state index contributed by atoms with van der Waals surface area (Å²) in [6.45, 7) is 6.78. The normalized spacial score (nSPS) is 11.8. The lowest BCUT2D eigenvalue weighted by molar-refractivity contribution is -0.140. The van der Waals surface area contributed by atoms with Crippen LogP contribution in [0.25, 0.3) is 0 Å². The summed E-state index contributed by atoms with van der Waals surface area (Å²) in [5.74, 6) is -0.216. The Kier molecular flexibility index (Phi) is 9.67. The van der Waals surface area contributed by atoms with Crippen LogP contribution < -0.4 is 5.32 Å². The van der Waals surface area contributed by atoms with Crippen molar-refractivity contribution in [2.45, 2.75) is 59.0 Å². The number of carbonyl (C=O) groups is 2. The number of halogens is 2. The topological polar surface area (TPSA) is 49.4 Å². The quantitative estimate of drug-likeness (QED) is 0.483. The Bertz CT molecular complexity index is 853. The molecule has 0 bridgehead atoms. The molecule has 2 rings (SSSR count). The van der Waals surface area contributed by atoms with Gasteiger partial charge in [0.2, 0.25) is 11.8 Å². The highest BCUT2D eigenvalue weighted by Gasteiger charge is 2.26.